The van der Waals surface area contributed by atoms with Crippen LogP contribution < -0.4 is 4.74 Å². The zero-order chi connectivity index (χ0) is 11.3. The van der Waals surface area contributed by atoms with Crippen LogP contribution in [0.3, 0.4) is 0 Å². The number of aliphatic hydroxyl groups is 1. The molecule has 1 atom stereocenters. The third-order valence-corrected chi connectivity index (χ3v) is 2.26. The monoisotopic (exact) mass is 245 g/mol. The topological polar surface area (TPSA) is 53.2 Å². The molecule has 1 aromatic carbocycles. The van der Waals surface area contributed by atoms with Crippen molar-refractivity contribution in [2.24, 2.45) is 0 Å². The van der Waals surface area contributed by atoms with Gasteiger partial charge in [0.15, 0.2) is 0 Å². The molecule has 0 aliphatic carbocycles. The predicted octanol–water partition coefficient (Wildman–Crippen LogP) is 2.19. The van der Waals surface area contributed by atoms with Gasteiger partial charge < -0.3 is 9.84 Å². The van der Waals surface area contributed by atoms with Gasteiger partial charge in [-0.25, -0.2) is 0 Å². The minimum Gasteiger partial charge on any atom is -0.489 e. The number of nitrogens with zero attached hydrogens (tertiary/aromatic N) is 1. The summed E-state index contributed by atoms with van der Waals surface area (Å²) >= 11 is 11.1. The molecule has 0 saturated heterocycles. The van der Waals surface area contributed by atoms with Crippen LogP contribution in [0.4, 0.5) is 0 Å². The molecule has 0 aliphatic heterocycles. The van der Waals surface area contributed by atoms with E-state index in [0.717, 1.165) is 0 Å². The Labute approximate surface area is 97.8 Å². The van der Waals surface area contributed by atoms with Gasteiger partial charge in [-0.3, -0.25) is 0 Å². The van der Waals surface area contributed by atoms with Crippen LogP contribution in [0.1, 0.15) is 5.56 Å². The summed E-state index contributed by atoms with van der Waals surface area (Å²) in [7, 11) is 0. The summed E-state index contributed by atoms with van der Waals surface area (Å²) in [4.78, 5) is 0. The Balaban J connectivity index is 2.75. The Morgan fingerprint density at radius 2 is 2.27 bits per heavy atom. The molecular weight excluding hydrogens is 237 g/mol. The summed E-state index contributed by atoms with van der Waals surface area (Å²) in [6.07, 6.45) is -0.753. The van der Waals surface area contributed by atoms with Crippen molar-refractivity contribution < 1.29 is 9.84 Å². The molecule has 0 spiro atoms. The molecule has 5 heteroatoms. The summed E-state index contributed by atoms with van der Waals surface area (Å²) < 4.78 is 5.22. The quantitative estimate of drug-likeness (QED) is 0.828. The van der Waals surface area contributed by atoms with Crippen molar-refractivity contribution in [2.75, 3.05) is 12.5 Å². The summed E-state index contributed by atoms with van der Waals surface area (Å²) in [5.74, 6) is 0.441. The highest BCUT2D eigenvalue weighted by atomic mass is 35.5. The standard InChI is InChI=1S/C10H9Cl2NO2/c11-4-9(14)6-15-10-3-8(12)2-1-7(10)5-13/h1-3,9,14H,4,6H2/t9-/m0/s1. The zero-order valence-corrected chi connectivity index (χ0v) is 9.29. The fourth-order valence-electron chi connectivity index (χ4n) is 0.938. The highest BCUT2D eigenvalue weighted by Crippen LogP contribution is 2.22. The van der Waals surface area contributed by atoms with Crippen LogP contribution in [0, 0.1) is 11.3 Å². The van der Waals surface area contributed by atoms with E-state index in [0.29, 0.717) is 16.3 Å². The number of aliphatic hydroxyl groups excluding tert-OH is 1. The van der Waals surface area contributed by atoms with Gasteiger partial charge in [0.25, 0.3) is 0 Å². The van der Waals surface area contributed by atoms with Gasteiger partial charge in [0, 0.05) is 11.1 Å². The molecule has 0 radical (unpaired) electrons. The molecule has 0 unspecified atom stereocenters. The van der Waals surface area contributed by atoms with Crippen LogP contribution in [0.25, 0.3) is 0 Å². The molecule has 0 fully saturated rings. The van der Waals surface area contributed by atoms with Crippen molar-refractivity contribution in [3.63, 3.8) is 0 Å². The number of halogens is 2. The Morgan fingerprint density at radius 3 is 2.87 bits per heavy atom. The fourth-order valence-corrected chi connectivity index (χ4v) is 1.19. The fraction of sp³-hybridized carbons (Fsp3) is 0.300. The smallest absolute Gasteiger partial charge is 0.138 e. The number of alkyl halides is 1. The molecule has 0 saturated carbocycles. The molecule has 0 bridgehead atoms. The summed E-state index contributed by atoms with van der Waals surface area (Å²) in [6.45, 7) is 0.0402. The SMILES string of the molecule is N#Cc1ccc(Cl)cc1OC[C@@H](O)CCl. The first-order valence-corrected chi connectivity index (χ1v) is 5.15. The second-order valence-corrected chi connectivity index (χ2v) is 3.62. The van der Waals surface area contributed by atoms with Gasteiger partial charge in [-0.15, -0.1) is 11.6 Å². The Bertz CT molecular complexity index is 376. The van der Waals surface area contributed by atoms with Crippen molar-refractivity contribution in [1.29, 1.82) is 5.26 Å². The van der Waals surface area contributed by atoms with Crippen LogP contribution in [0.2, 0.25) is 5.02 Å². The number of hydrogen-bond acceptors (Lipinski definition) is 3. The highest BCUT2D eigenvalue weighted by Gasteiger charge is 2.07. The number of nitriles is 1. The number of ether oxygens (including phenoxy) is 1. The Morgan fingerprint density at radius 1 is 1.53 bits per heavy atom. The van der Waals surface area contributed by atoms with E-state index in [4.69, 9.17) is 33.2 Å². The van der Waals surface area contributed by atoms with Crippen LogP contribution in [-0.4, -0.2) is 23.7 Å². The average Bonchev–Trinajstić information content (AvgIpc) is 2.26. The second-order valence-electron chi connectivity index (χ2n) is 2.87. The van der Waals surface area contributed by atoms with Gasteiger partial charge in [-0.2, -0.15) is 5.26 Å². The molecular formula is C10H9Cl2NO2. The molecule has 0 aliphatic rings. The van der Waals surface area contributed by atoms with E-state index < -0.39 is 6.10 Å². The van der Waals surface area contributed by atoms with Crippen LogP contribution >= 0.6 is 23.2 Å². The van der Waals surface area contributed by atoms with Crippen LogP contribution in [-0.2, 0) is 0 Å². The minimum atomic E-state index is -0.753. The first kappa shape index (κ1) is 12.1. The third kappa shape index (κ3) is 3.60. The van der Waals surface area contributed by atoms with Gasteiger partial charge in [-0.1, -0.05) is 11.6 Å². The van der Waals surface area contributed by atoms with Gasteiger partial charge in [0.1, 0.15) is 24.5 Å². The first-order valence-electron chi connectivity index (χ1n) is 4.24. The predicted molar refractivity (Wildman–Crippen MR) is 58.4 cm³/mol. The van der Waals surface area contributed by atoms with E-state index in [2.05, 4.69) is 0 Å². The van der Waals surface area contributed by atoms with Gasteiger partial charge in [-0.05, 0) is 12.1 Å². The van der Waals surface area contributed by atoms with Crippen molar-refractivity contribution in [2.45, 2.75) is 6.10 Å². The molecule has 1 aromatic rings. The van der Waals surface area contributed by atoms with E-state index >= 15 is 0 Å². The van der Waals surface area contributed by atoms with Crippen molar-refractivity contribution >= 4 is 23.2 Å². The maximum atomic E-state index is 9.18. The summed E-state index contributed by atoms with van der Waals surface area (Å²) in [5.41, 5.74) is 0.376. The lowest BCUT2D eigenvalue weighted by atomic mass is 10.2. The Kier molecular flexibility index (Phi) is 4.70. The molecule has 80 valence electrons. The molecule has 0 aromatic heterocycles. The van der Waals surface area contributed by atoms with Gasteiger partial charge in [0.2, 0.25) is 0 Å². The number of benzene rings is 1. The van der Waals surface area contributed by atoms with Crippen LogP contribution in [0.5, 0.6) is 5.75 Å². The van der Waals surface area contributed by atoms with Crippen molar-refractivity contribution in [3.8, 4) is 11.8 Å². The van der Waals surface area contributed by atoms with E-state index in [-0.39, 0.29) is 12.5 Å². The minimum absolute atomic E-state index is 0.0402. The van der Waals surface area contributed by atoms with Crippen LogP contribution in [0.15, 0.2) is 18.2 Å². The van der Waals surface area contributed by atoms with Gasteiger partial charge >= 0.3 is 0 Å². The molecule has 15 heavy (non-hydrogen) atoms. The largest absolute Gasteiger partial charge is 0.489 e. The lowest BCUT2D eigenvalue weighted by Crippen LogP contribution is -2.19. The maximum Gasteiger partial charge on any atom is 0.138 e. The maximum absolute atomic E-state index is 9.18. The van der Waals surface area contributed by atoms with Crippen molar-refractivity contribution in [1.82, 2.24) is 0 Å². The summed E-state index contributed by atoms with van der Waals surface area (Å²) in [6, 6.07) is 6.66. The average molecular weight is 246 g/mol. The van der Waals surface area contributed by atoms with E-state index in [9.17, 15) is 5.11 Å². The summed E-state index contributed by atoms with van der Waals surface area (Å²) in [5, 5.41) is 18.4. The van der Waals surface area contributed by atoms with Crippen molar-refractivity contribution in [3.05, 3.63) is 28.8 Å². The lowest BCUT2D eigenvalue weighted by molar-refractivity contribution is 0.125. The molecule has 1 N–H and O–H groups in total. The molecule has 1 rings (SSSR count). The van der Waals surface area contributed by atoms with E-state index in [1.54, 1.807) is 12.1 Å². The van der Waals surface area contributed by atoms with E-state index in [1.165, 1.54) is 6.07 Å². The molecule has 3 nitrogen and oxygen atoms in total. The number of rotatable bonds is 4. The van der Waals surface area contributed by atoms with E-state index in [1.807, 2.05) is 6.07 Å². The second kappa shape index (κ2) is 5.82. The lowest BCUT2D eigenvalue weighted by Gasteiger charge is -2.10. The third-order valence-electron chi connectivity index (χ3n) is 1.67. The Hall–Kier alpha value is -0.950. The van der Waals surface area contributed by atoms with Gasteiger partial charge in [0.05, 0.1) is 11.4 Å². The number of hydrogen-bond donors (Lipinski definition) is 1. The first-order chi connectivity index (χ1) is 7.17. The normalized spacial score (nSPS) is 11.9. The molecule has 0 amide bonds. The molecule has 0 heterocycles. The highest BCUT2D eigenvalue weighted by molar-refractivity contribution is 6.30. The zero-order valence-electron chi connectivity index (χ0n) is 7.78.